The number of rotatable bonds is 4. The van der Waals surface area contributed by atoms with E-state index < -0.39 is 11.7 Å². The summed E-state index contributed by atoms with van der Waals surface area (Å²) in [7, 11) is 0. The molecule has 2 N–H and O–H groups in total. The quantitative estimate of drug-likeness (QED) is 0.798. The molecule has 0 aliphatic heterocycles. The Balaban J connectivity index is 2.09. The molecule has 0 bridgehead atoms. The highest BCUT2D eigenvalue weighted by Crippen LogP contribution is 2.33. The molecule has 2 nitrogen and oxygen atoms in total. The van der Waals surface area contributed by atoms with E-state index in [-0.39, 0.29) is 24.5 Å². The van der Waals surface area contributed by atoms with Crippen molar-refractivity contribution < 1.29 is 17.9 Å². The first-order chi connectivity index (χ1) is 9.88. The number of benzene rings is 2. The molecule has 0 saturated heterocycles. The van der Waals surface area contributed by atoms with Crippen LogP contribution in [-0.4, -0.2) is 0 Å². The van der Waals surface area contributed by atoms with Gasteiger partial charge in [0.2, 0.25) is 0 Å². The first-order valence-corrected chi connectivity index (χ1v) is 6.94. The Morgan fingerprint density at radius 3 is 2.33 bits per heavy atom. The van der Waals surface area contributed by atoms with E-state index in [9.17, 15) is 13.2 Å². The highest BCUT2D eigenvalue weighted by molar-refractivity contribution is 9.10. The van der Waals surface area contributed by atoms with Crippen LogP contribution in [0.1, 0.15) is 16.7 Å². The van der Waals surface area contributed by atoms with E-state index in [2.05, 4.69) is 15.9 Å². The van der Waals surface area contributed by atoms with Gasteiger partial charge in [0.15, 0.2) is 0 Å². The fourth-order valence-electron chi connectivity index (χ4n) is 1.87. The molecule has 0 fully saturated rings. The number of halogens is 4. The number of ether oxygens (including phenoxy) is 1. The molecule has 21 heavy (non-hydrogen) atoms. The van der Waals surface area contributed by atoms with E-state index in [4.69, 9.17) is 10.5 Å². The third-order valence-corrected chi connectivity index (χ3v) is 3.69. The number of anilines is 1. The Kier molecular flexibility index (Phi) is 4.90. The number of nitrogens with two attached hydrogens (primary N) is 1. The molecule has 2 rings (SSSR count). The van der Waals surface area contributed by atoms with Gasteiger partial charge in [-0.3, -0.25) is 0 Å². The number of nitrogen functional groups attached to an aromatic ring is 1. The van der Waals surface area contributed by atoms with Crippen molar-refractivity contribution in [2.45, 2.75) is 19.4 Å². The second kappa shape index (κ2) is 6.49. The summed E-state index contributed by atoms with van der Waals surface area (Å²) in [6, 6.07) is 11.1. The molecular formula is C15H13BrF3NO. The van der Waals surface area contributed by atoms with Crippen LogP contribution in [0.3, 0.4) is 0 Å². The first-order valence-electron chi connectivity index (χ1n) is 6.14. The van der Waals surface area contributed by atoms with Crippen LogP contribution in [-0.2, 0) is 24.1 Å². The fourth-order valence-corrected chi connectivity index (χ4v) is 2.27. The predicted molar refractivity (Wildman–Crippen MR) is 78.5 cm³/mol. The van der Waals surface area contributed by atoms with E-state index in [1.165, 1.54) is 12.1 Å². The molecule has 0 unspecified atom stereocenters. The van der Waals surface area contributed by atoms with E-state index in [0.29, 0.717) is 0 Å². The van der Waals surface area contributed by atoms with Gasteiger partial charge in [0.25, 0.3) is 0 Å². The smallest absolute Gasteiger partial charge is 0.399 e. The highest BCUT2D eigenvalue weighted by Gasteiger charge is 2.33. The van der Waals surface area contributed by atoms with Crippen LogP contribution < -0.4 is 5.73 Å². The van der Waals surface area contributed by atoms with Crippen molar-refractivity contribution in [1.29, 1.82) is 0 Å². The summed E-state index contributed by atoms with van der Waals surface area (Å²) in [6.45, 7) is 0.0968. The Labute approximate surface area is 128 Å². The third kappa shape index (κ3) is 4.22. The van der Waals surface area contributed by atoms with Gasteiger partial charge in [-0.25, -0.2) is 0 Å². The maximum Gasteiger partial charge on any atom is 0.416 e. The Hall–Kier alpha value is -1.53. The van der Waals surface area contributed by atoms with Crippen LogP contribution in [0.5, 0.6) is 0 Å². The molecular weight excluding hydrogens is 347 g/mol. The summed E-state index contributed by atoms with van der Waals surface area (Å²) in [5.74, 6) is 0. The minimum atomic E-state index is -4.44. The molecule has 0 aromatic heterocycles. The minimum Gasteiger partial charge on any atom is -0.399 e. The molecule has 0 spiro atoms. The molecule has 2 aromatic carbocycles. The Bertz CT molecular complexity index is 629. The average Bonchev–Trinajstić information content (AvgIpc) is 2.41. The Morgan fingerprint density at radius 2 is 1.67 bits per heavy atom. The van der Waals surface area contributed by atoms with Crippen molar-refractivity contribution in [3.8, 4) is 0 Å². The standard InChI is InChI=1S/C15H13BrF3NO/c16-14-4-2-1-3-11(14)9-21-8-10-5-6-12(20)7-13(10)15(17,18)19/h1-7H,8-9,20H2. The van der Waals surface area contributed by atoms with Gasteiger partial charge in [-0.05, 0) is 29.3 Å². The summed E-state index contributed by atoms with van der Waals surface area (Å²) in [5, 5.41) is 0. The maximum atomic E-state index is 12.9. The van der Waals surface area contributed by atoms with Gasteiger partial charge in [0.1, 0.15) is 0 Å². The van der Waals surface area contributed by atoms with E-state index in [1.54, 1.807) is 0 Å². The third-order valence-electron chi connectivity index (χ3n) is 2.91. The monoisotopic (exact) mass is 359 g/mol. The lowest BCUT2D eigenvalue weighted by Crippen LogP contribution is -2.11. The number of alkyl halides is 3. The lowest BCUT2D eigenvalue weighted by Gasteiger charge is -2.14. The zero-order valence-corrected chi connectivity index (χ0v) is 12.5. The summed E-state index contributed by atoms with van der Waals surface area (Å²) in [4.78, 5) is 0. The topological polar surface area (TPSA) is 35.2 Å². The van der Waals surface area contributed by atoms with Gasteiger partial charge in [0, 0.05) is 10.2 Å². The normalized spacial score (nSPS) is 11.6. The van der Waals surface area contributed by atoms with Gasteiger partial charge >= 0.3 is 6.18 Å². The minimum absolute atomic E-state index is 0.0729. The van der Waals surface area contributed by atoms with E-state index >= 15 is 0 Å². The lowest BCUT2D eigenvalue weighted by molar-refractivity contribution is -0.138. The molecule has 2 aromatic rings. The number of hydrogen-bond donors (Lipinski definition) is 1. The van der Waals surface area contributed by atoms with Crippen molar-refractivity contribution in [3.63, 3.8) is 0 Å². The van der Waals surface area contributed by atoms with Gasteiger partial charge in [-0.2, -0.15) is 13.2 Å². The van der Waals surface area contributed by atoms with Gasteiger partial charge < -0.3 is 10.5 Å². The first kappa shape index (κ1) is 15.9. The van der Waals surface area contributed by atoms with Crippen LogP contribution in [0, 0.1) is 0 Å². The second-order valence-electron chi connectivity index (χ2n) is 4.50. The molecule has 0 aliphatic rings. The van der Waals surface area contributed by atoms with Gasteiger partial charge in [-0.1, -0.05) is 40.2 Å². The van der Waals surface area contributed by atoms with E-state index in [0.717, 1.165) is 16.1 Å². The molecule has 0 amide bonds. The van der Waals surface area contributed by atoms with Crippen molar-refractivity contribution in [1.82, 2.24) is 0 Å². The van der Waals surface area contributed by atoms with Crippen LogP contribution in [0.15, 0.2) is 46.9 Å². The van der Waals surface area contributed by atoms with Gasteiger partial charge in [0.05, 0.1) is 18.8 Å². The second-order valence-corrected chi connectivity index (χ2v) is 5.35. The summed E-state index contributed by atoms with van der Waals surface area (Å²) in [5.41, 5.74) is 5.69. The molecule has 0 aliphatic carbocycles. The summed E-state index contributed by atoms with van der Waals surface area (Å²) >= 11 is 3.36. The van der Waals surface area contributed by atoms with Crippen LogP contribution in [0.4, 0.5) is 18.9 Å². The van der Waals surface area contributed by atoms with Gasteiger partial charge in [-0.15, -0.1) is 0 Å². The molecule has 112 valence electrons. The lowest BCUT2D eigenvalue weighted by atomic mass is 10.1. The van der Waals surface area contributed by atoms with Crippen molar-refractivity contribution in [2.24, 2.45) is 0 Å². The summed E-state index contributed by atoms with van der Waals surface area (Å²) in [6.07, 6.45) is -4.44. The zero-order chi connectivity index (χ0) is 15.5. The highest BCUT2D eigenvalue weighted by atomic mass is 79.9. The van der Waals surface area contributed by atoms with Crippen LogP contribution >= 0.6 is 15.9 Å². The maximum absolute atomic E-state index is 12.9. The molecule has 0 radical (unpaired) electrons. The largest absolute Gasteiger partial charge is 0.416 e. The van der Waals surface area contributed by atoms with Crippen LogP contribution in [0.25, 0.3) is 0 Å². The molecule has 0 saturated carbocycles. The van der Waals surface area contributed by atoms with E-state index in [1.807, 2.05) is 24.3 Å². The predicted octanol–water partition coefficient (Wildman–Crippen LogP) is 4.77. The average molecular weight is 360 g/mol. The Morgan fingerprint density at radius 1 is 1.00 bits per heavy atom. The molecule has 0 heterocycles. The molecule has 6 heteroatoms. The zero-order valence-electron chi connectivity index (χ0n) is 11.0. The fraction of sp³-hybridized carbons (Fsp3) is 0.200. The van der Waals surface area contributed by atoms with Crippen molar-refractivity contribution >= 4 is 21.6 Å². The SMILES string of the molecule is Nc1ccc(COCc2ccccc2Br)c(C(F)(F)F)c1. The van der Waals surface area contributed by atoms with Crippen molar-refractivity contribution in [2.75, 3.05) is 5.73 Å². The number of hydrogen-bond acceptors (Lipinski definition) is 2. The van der Waals surface area contributed by atoms with Crippen molar-refractivity contribution in [3.05, 3.63) is 63.6 Å². The summed E-state index contributed by atoms with van der Waals surface area (Å²) < 4.78 is 45.0. The molecule has 0 atom stereocenters. The van der Waals surface area contributed by atoms with Crippen LogP contribution in [0.2, 0.25) is 0 Å².